The zero-order chi connectivity index (χ0) is 12.1. The zero-order valence-corrected chi connectivity index (χ0v) is 9.93. The van der Waals surface area contributed by atoms with Gasteiger partial charge in [0.15, 0.2) is 5.82 Å². The first-order valence-electron chi connectivity index (χ1n) is 5.44. The van der Waals surface area contributed by atoms with E-state index in [1.807, 2.05) is 31.3 Å². The predicted octanol–water partition coefficient (Wildman–Crippen LogP) is 1.97. The lowest BCUT2D eigenvalue weighted by Crippen LogP contribution is -1.96. The fraction of sp³-hybridized carbons (Fsp3) is 0.333. The largest absolute Gasteiger partial charge is 0.387 e. The molecule has 0 fully saturated rings. The summed E-state index contributed by atoms with van der Waals surface area (Å²) in [5, 5.41) is 7.01. The highest BCUT2D eigenvalue weighted by atomic mass is 16.5. The molecule has 0 atom stereocenters. The molecule has 90 valence electrons. The fourth-order valence-corrected chi connectivity index (χ4v) is 1.55. The first-order valence-corrected chi connectivity index (χ1v) is 5.44. The molecule has 1 aromatic heterocycles. The summed E-state index contributed by atoms with van der Waals surface area (Å²) < 4.78 is 10.2. The van der Waals surface area contributed by atoms with Gasteiger partial charge in [-0.15, -0.1) is 0 Å². The fourth-order valence-electron chi connectivity index (χ4n) is 1.55. The first-order chi connectivity index (χ1) is 8.35. The molecule has 0 saturated carbocycles. The third-order valence-electron chi connectivity index (χ3n) is 2.42. The van der Waals surface area contributed by atoms with Crippen molar-refractivity contribution < 1.29 is 9.26 Å². The second kappa shape index (κ2) is 5.45. The lowest BCUT2D eigenvalue weighted by atomic mass is 10.2. The summed E-state index contributed by atoms with van der Waals surface area (Å²) in [5.41, 5.74) is 1.88. The van der Waals surface area contributed by atoms with Crippen molar-refractivity contribution in [2.24, 2.45) is 0 Å². The molecule has 0 unspecified atom stereocenters. The van der Waals surface area contributed by atoms with Crippen LogP contribution < -0.4 is 5.32 Å². The second-order valence-corrected chi connectivity index (χ2v) is 3.55. The predicted molar refractivity (Wildman–Crippen MR) is 64.9 cm³/mol. The Balaban J connectivity index is 2.24. The van der Waals surface area contributed by atoms with E-state index in [1.165, 1.54) is 0 Å². The Morgan fingerprint density at radius 3 is 2.94 bits per heavy atom. The topological polar surface area (TPSA) is 60.2 Å². The van der Waals surface area contributed by atoms with E-state index in [1.54, 1.807) is 7.11 Å². The summed E-state index contributed by atoms with van der Waals surface area (Å²) in [6.45, 7) is 0.590. The average molecular weight is 233 g/mol. The quantitative estimate of drug-likeness (QED) is 0.855. The van der Waals surface area contributed by atoms with Crippen LogP contribution in [0.25, 0.3) is 11.5 Å². The van der Waals surface area contributed by atoms with Crippen LogP contribution in [0.1, 0.15) is 5.82 Å². The molecule has 0 bridgehead atoms. The average Bonchev–Trinajstić information content (AvgIpc) is 2.85. The van der Waals surface area contributed by atoms with Gasteiger partial charge in [0, 0.05) is 26.3 Å². The van der Waals surface area contributed by atoms with Gasteiger partial charge >= 0.3 is 0 Å². The molecule has 0 spiro atoms. The van der Waals surface area contributed by atoms with Crippen LogP contribution in [0.15, 0.2) is 28.8 Å². The number of aromatic nitrogens is 2. The van der Waals surface area contributed by atoms with E-state index in [-0.39, 0.29) is 0 Å². The Kier molecular flexibility index (Phi) is 3.72. The van der Waals surface area contributed by atoms with Gasteiger partial charge in [-0.3, -0.25) is 0 Å². The Morgan fingerprint density at radius 2 is 2.18 bits per heavy atom. The van der Waals surface area contributed by atoms with Crippen LogP contribution in [0.2, 0.25) is 0 Å². The maximum absolute atomic E-state index is 5.23. The van der Waals surface area contributed by atoms with Crippen molar-refractivity contribution in [2.45, 2.75) is 6.42 Å². The van der Waals surface area contributed by atoms with Crippen molar-refractivity contribution in [3.8, 4) is 11.5 Å². The normalized spacial score (nSPS) is 10.5. The standard InChI is InChI=1S/C12H15N3O2/c1-13-10-6-4-3-5-9(10)12-14-11(15-17-12)7-8-16-2/h3-6,13H,7-8H2,1-2H3. The summed E-state index contributed by atoms with van der Waals surface area (Å²) in [4.78, 5) is 4.33. The lowest BCUT2D eigenvalue weighted by Gasteiger charge is -2.03. The van der Waals surface area contributed by atoms with Crippen molar-refractivity contribution in [1.82, 2.24) is 10.1 Å². The number of nitrogens with one attached hydrogen (secondary N) is 1. The van der Waals surface area contributed by atoms with Gasteiger partial charge in [-0.1, -0.05) is 17.3 Å². The summed E-state index contributed by atoms with van der Waals surface area (Å²) >= 11 is 0. The number of anilines is 1. The van der Waals surface area contributed by atoms with E-state index in [4.69, 9.17) is 9.26 Å². The van der Waals surface area contributed by atoms with E-state index in [2.05, 4.69) is 15.5 Å². The van der Waals surface area contributed by atoms with Crippen LogP contribution in [0.3, 0.4) is 0 Å². The number of ether oxygens (including phenoxy) is 1. The molecule has 1 heterocycles. The number of benzene rings is 1. The Labute approximate surface area is 99.8 Å². The van der Waals surface area contributed by atoms with Gasteiger partial charge in [-0.25, -0.2) is 0 Å². The second-order valence-electron chi connectivity index (χ2n) is 3.55. The third-order valence-corrected chi connectivity index (χ3v) is 2.42. The molecule has 2 aromatic rings. The van der Waals surface area contributed by atoms with Crippen molar-refractivity contribution in [3.05, 3.63) is 30.1 Å². The van der Waals surface area contributed by atoms with Gasteiger partial charge < -0.3 is 14.6 Å². The highest BCUT2D eigenvalue weighted by molar-refractivity contribution is 5.71. The minimum atomic E-state index is 0.529. The van der Waals surface area contributed by atoms with Crippen LogP contribution in [0, 0.1) is 0 Å². The number of hydrogen-bond donors (Lipinski definition) is 1. The van der Waals surface area contributed by atoms with E-state index < -0.39 is 0 Å². The van der Waals surface area contributed by atoms with Crippen molar-refractivity contribution in [3.63, 3.8) is 0 Å². The molecule has 0 aliphatic rings. The molecule has 2 rings (SSSR count). The van der Waals surface area contributed by atoms with Gasteiger partial charge in [-0.05, 0) is 12.1 Å². The molecule has 17 heavy (non-hydrogen) atoms. The van der Waals surface area contributed by atoms with Gasteiger partial charge in [0.05, 0.1) is 12.2 Å². The Bertz CT molecular complexity index is 482. The smallest absolute Gasteiger partial charge is 0.260 e. The van der Waals surface area contributed by atoms with E-state index in [0.717, 1.165) is 11.3 Å². The number of hydrogen-bond acceptors (Lipinski definition) is 5. The van der Waals surface area contributed by atoms with Crippen LogP contribution in [-0.4, -0.2) is 30.9 Å². The van der Waals surface area contributed by atoms with Gasteiger partial charge in [-0.2, -0.15) is 4.98 Å². The number of para-hydroxylation sites is 1. The molecule has 5 nitrogen and oxygen atoms in total. The summed E-state index contributed by atoms with van der Waals surface area (Å²) in [6, 6.07) is 7.81. The zero-order valence-electron chi connectivity index (χ0n) is 9.93. The van der Waals surface area contributed by atoms with E-state index in [9.17, 15) is 0 Å². The molecular weight excluding hydrogens is 218 g/mol. The minimum absolute atomic E-state index is 0.529. The van der Waals surface area contributed by atoms with E-state index >= 15 is 0 Å². The maximum atomic E-state index is 5.23. The van der Waals surface area contributed by atoms with E-state index in [0.29, 0.717) is 24.7 Å². The minimum Gasteiger partial charge on any atom is -0.387 e. The summed E-state index contributed by atoms with van der Waals surface area (Å²) in [7, 11) is 3.51. The SMILES string of the molecule is CNc1ccccc1-c1nc(CCOC)no1. The monoisotopic (exact) mass is 233 g/mol. The molecule has 5 heteroatoms. The van der Waals surface area contributed by atoms with Crippen molar-refractivity contribution >= 4 is 5.69 Å². The summed E-state index contributed by atoms with van der Waals surface area (Å²) in [5.74, 6) is 1.19. The Hall–Kier alpha value is -1.88. The summed E-state index contributed by atoms with van der Waals surface area (Å²) in [6.07, 6.45) is 0.654. The molecule has 0 saturated heterocycles. The van der Waals surface area contributed by atoms with Crippen LogP contribution in [-0.2, 0) is 11.2 Å². The molecule has 0 aliphatic carbocycles. The van der Waals surface area contributed by atoms with Gasteiger partial charge in [0.25, 0.3) is 5.89 Å². The molecule has 1 N–H and O–H groups in total. The highest BCUT2D eigenvalue weighted by Crippen LogP contribution is 2.25. The molecule has 0 aliphatic heterocycles. The van der Waals surface area contributed by atoms with Crippen LogP contribution in [0.5, 0.6) is 0 Å². The van der Waals surface area contributed by atoms with Crippen LogP contribution >= 0.6 is 0 Å². The van der Waals surface area contributed by atoms with Crippen LogP contribution in [0.4, 0.5) is 5.69 Å². The van der Waals surface area contributed by atoms with Gasteiger partial charge in [0.1, 0.15) is 0 Å². The number of methoxy groups -OCH3 is 1. The number of nitrogens with zero attached hydrogens (tertiary/aromatic N) is 2. The molecule has 1 aromatic carbocycles. The Morgan fingerprint density at radius 1 is 1.35 bits per heavy atom. The van der Waals surface area contributed by atoms with Gasteiger partial charge in [0.2, 0.25) is 0 Å². The third kappa shape index (κ3) is 2.62. The maximum Gasteiger partial charge on any atom is 0.260 e. The first kappa shape index (κ1) is 11.6. The highest BCUT2D eigenvalue weighted by Gasteiger charge is 2.11. The molecule has 0 radical (unpaired) electrons. The molecule has 0 amide bonds. The van der Waals surface area contributed by atoms with Crippen molar-refractivity contribution in [1.29, 1.82) is 0 Å². The number of rotatable bonds is 5. The van der Waals surface area contributed by atoms with Crippen molar-refractivity contribution in [2.75, 3.05) is 26.1 Å². The lowest BCUT2D eigenvalue weighted by molar-refractivity contribution is 0.199. The molecular formula is C12H15N3O2.